The van der Waals surface area contributed by atoms with Gasteiger partial charge in [0.25, 0.3) is 0 Å². The summed E-state index contributed by atoms with van der Waals surface area (Å²) in [5.41, 5.74) is 3.98. The molecular weight excluding hydrogens is 272 g/mol. The van der Waals surface area contributed by atoms with Crippen LogP contribution in [0.1, 0.15) is 62.1 Å². The van der Waals surface area contributed by atoms with Crippen molar-refractivity contribution in [3.05, 3.63) is 34.9 Å². The maximum Gasteiger partial charge on any atom is 0.220 e. The van der Waals surface area contributed by atoms with Gasteiger partial charge in [0.2, 0.25) is 5.91 Å². The summed E-state index contributed by atoms with van der Waals surface area (Å²) < 4.78 is 0. The van der Waals surface area contributed by atoms with E-state index in [2.05, 4.69) is 35.8 Å². The standard InChI is InChI=1S/C19H28N2O/c1-14(16-5-3-2-4-6-16)9-19(22)21-11-15-7-8-17-12-20-13-18(17)10-15/h7-8,10,14,16,20H,2-6,9,11-13H2,1H3,(H,21,22). The number of fused-ring (bicyclic) bond motifs is 1. The Balaban J connectivity index is 1.45. The van der Waals surface area contributed by atoms with Crippen LogP contribution < -0.4 is 10.6 Å². The van der Waals surface area contributed by atoms with E-state index in [9.17, 15) is 4.79 Å². The number of rotatable bonds is 5. The molecule has 1 atom stereocenters. The summed E-state index contributed by atoms with van der Waals surface area (Å²) in [4.78, 5) is 12.2. The maximum absolute atomic E-state index is 12.2. The molecule has 0 bridgehead atoms. The Kier molecular flexibility index (Phi) is 5.14. The van der Waals surface area contributed by atoms with E-state index < -0.39 is 0 Å². The Bertz CT molecular complexity index is 520. The molecule has 120 valence electrons. The fourth-order valence-corrected chi connectivity index (χ4v) is 3.89. The summed E-state index contributed by atoms with van der Waals surface area (Å²) in [7, 11) is 0. The van der Waals surface area contributed by atoms with E-state index in [-0.39, 0.29) is 5.91 Å². The summed E-state index contributed by atoms with van der Waals surface area (Å²) >= 11 is 0. The van der Waals surface area contributed by atoms with E-state index in [1.165, 1.54) is 48.8 Å². The van der Waals surface area contributed by atoms with E-state index in [1.807, 2.05) is 0 Å². The van der Waals surface area contributed by atoms with Gasteiger partial charge in [0.15, 0.2) is 0 Å². The molecule has 3 heteroatoms. The highest BCUT2D eigenvalue weighted by atomic mass is 16.1. The molecular formula is C19H28N2O. The van der Waals surface area contributed by atoms with Crippen LogP contribution in [-0.4, -0.2) is 5.91 Å². The van der Waals surface area contributed by atoms with Gasteiger partial charge < -0.3 is 10.6 Å². The number of carbonyl (C=O) groups is 1. The van der Waals surface area contributed by atoms with Gasteiger partial charge in [0.05, 0.1) is 0 Å². The van der Waals surface area contributed by atoms with Crippen molar-refractivity contribution in [1.82, 2.24) is 10.6 Å². The predicted octanol–water partition coefficient (Wildman–Crippen LogP) is 3.51. The summed E-state index contributed by atoms with van der Waals surface area (Å²) in [5, 5.41) is 6.46. The molecule has 1 aliphatic carbocycles. The Morgan fingerprint density at radius 1 is 1.23 bits per heavy atom. The van der Waals surface area contributed by atoms with Crippen molar-refractivity contribution >= 4 is 5.91 Å². The van der Waals surface area contributed by atoms with Crippen molar-refractivity contribution in [2.75, 3.05) is 0 Å². The van der Waals surface area contributed by atoms with Crippen LogP contribution in [-0.2, 0) is 24.4 Å². The van der Waals surface area contributed by atoms with Gasteiger partial charge in [-0.3, -0.25) is 4.79 Å². The first kappa shape index (κ1) is 15.5. The second-order valence-corrected chi connectivity index (χ2v) is 7.06. The van der Waals surface area contributed by atoms with Crippen molar-refractivity contribution in [1.29, 1.82) is 0 Å². The molecule has 0 radical (unpaired) electrons. The zero-order valence-corrected chi connectivity index (χ0v) is 13.7. The SMILES string of the molecule is CC(CC(=O)NCc1ccc2c(c1)CNC2)C1CCCCC1. The summed E-state index contributed by atoms with van der Waals surface area (Å²) in [5.74, 6) is 1.48. The maximum atomic E-state index is 12.2. The summed E-state index contributed by atoms with van der Waals surface area (Å²) in [6, 6.07) is 6.54. The zero-order chi connectivity index (χ0) is 15.4. The van der Waals surface area contributed by atoms with Crippen LogP contribution in [0.2, 0.25) is 0 Å². The Hall–Kier alpha value is -1.35. The average Bonchev–Trinajstić information content (AvgIpc) is 3.01. The number of hydrogen-bond acceptors (Lipinski definition) is 2. The van der Waals surface area contributed by atoms with Crippen LogP contribution in [0.4, 0.5) is 0 Å². The molecule has 1 amide bonds. The van der Waals surface area contributed by atoms with E-state index in [4.69, 9.17) is 0 Å². The largest absolute Gasteiger partial charge is 0.352 e. The van der Waals surface area contributed by atoms with E-state index in [1.54, 1.807) is 0 Å². The van der Waals surface area contributed by atoms with Crippen molar-refractivity contribution in [3.63, 3.8) is 0 Å². The van der Waals surface area contributed by atoms with Gasteiger partial charge in [0, 0.05) is 26.1 Å². The van der Waals surface area contributed by atoms with Crippen LogP contribution in [0.5, 0.6) is 0 Å². The zero-order valence-electron chi connectivity index (χ0n) is 13.7. The Morgan fingerprint density at radius 2 is 2.00 bits per heavy atom. The lowest BCUT2D eigenvalue weighted by Gasteiger charge is -2.27. The van der Waals surface area contributed by atoms with Gasteiger partial charge in [-0.05, 0) is 28.5 Å². The molecule has 1 aliphatic heterocycles. The van der Waals surface area contributed by atoms with Crippen molar-refractivity contribution in [2.45, 2.75) is 65.1 Å². The third kappa shape index (κ3) is 3.89. The van der Waals surface area contributed by atoms with Gasteiger partial charge in [0.1, 0.15) is 0 Å². The minimum absolute atomic E-state index is 0.205. The average molecular weight is 300 g/mol. The summed E-state index contributed by atoms with van der Waals surface area (Å²) in [6.07, 6.45) is 7.37. The normalized spacial score (nSPS) is 19.7. The van der Waals surface area contributed by atoms with E-state index >= 15 is 0 Å². The van der Waals surface area contributed by atoms with Crippen LogP contribution in [0.15, 0.2) is 18.2 Å². The molecule has 2 aliphatic rings. The van der Waals surface area contributed by atoms with E-state index in [0.29, 0.717) is 18.9 Å². The lowest BCUT2D eigenvalue weighted by Crippen LogP contribution is -2.27. The summed E-state index contributed by atoms with van der Waals surface area (Å²) in [6.45, 7) is 4.83. The molecule has 0 saturated heterocycles. The van der Waals surface area contributed by atoms with Crippen molar-refractivity contribution < 1.29 is 4.79 Å². The van der Waals surface area contributed by atoms with Crippen LogP contribution in [0.3, 0.4) is 0 Å². The number of amides is 1. The minimum Gasteiger partial charge on any atom is -0.352 e. The van der Waals surface area contributed by atoms with Gasteiger partial charge >= 0.3 is 0 Å². The highest BCUT2D eigenvalue weighted by Crippen LogP contribution is 2.31. The predicted molar refractivity (Wildman–Crippen MR) is 89.2 cm³/mol. The topological polar surface area (TPSA) is 41.1 Å². The van der Waals surface area contributed by atoms with E-state index in [0.717, 1.165) is 19.0 Å². The lowest BCUT2D eigenvalue weighted by atomic mass is 9.79. The molecule has 1 aromatic rings. The second kappa shape index (κ2) is 7.28. The molecule has 1 saturated carbocycles. The quantitative estimate of drug-likeness (QED) is 0.873. The number of benzene rings is 1. The molecule has 1 unspecified atom stereocenters. The molecule has 22 heavy (non-hydrogen) atoms. The molecule has 0 spiro atoms. The van der Waals surface area contributed by atoms with Crippen LogP contribution >= 0.6 is 0 Å². The molecule has 1 aromatic carbocycles. The van der Waals surface area contributed by atoms with Gasteiger partial charge in [-0.15, -0.1) is 0 Å². The molecule has 2 N–H and O–H groups in total. The van der Waals surface area contributed by atoms with Gasteiger partial charge in [-0.2, -0.15) is 0 Å². The van der Waals surface area contributed by atoms with Crippen LogP contribution in [0.25, 0.3) is 0 Å². The smallest absolute Gasteiger partial charge is 0.220 e. The second-order valence-electron chi connectivity index (χ2n) is 7.06. The number of nitrogens with one attached hydrogen (secondary N) is 2. The molecule has 1 fully saturated rings. The fraction of sp³-hybridized carbons (Fsp3) is 0.632. The van der Waals surface area contributed by atoms with Crippen molar-refractivity contribution in [2.24, 2.45) is 11.8 Å². The molecule has 3 rings (SSSR count). The van der Waals surface area contributed by atoms with Crippen LogP contribution in [0, 0.1) is 11.8 Å². The molecule has 1 heterocycles. The van der Waals surface area contributed by atoms with Crippen molar-refractivity contribution in [3.8, 4) is 0 Å². The number of carbonyl (C=O) groups excluding carboxylic acids is 1. The monoisotopic (exact) mass is 300 g/mol. The van der Waals surface area contributed by atoms with Gasteiger partial charge in [-0.1, -0.05) is 57.2 Å². The Labute approximate surface area is 133 Å². The Morgan fingerprint density at radius 3 is 2.82 bits per heavy atom. The lowest BCUT2D eigenvalue weighted by molar-refractivity contribution is -0.122. The third-order valence-corrected chi connectivity index (χ3v) is 5.35. The number of hydrogen-bond donors (Lipinski definition) is 2. The first-order chi connectivity index (χ1) is 10.7. The fourth-order valence-electron chi connectivity index (χ4n) is 3.89. The minimum atomic E-state index is 0.205. The third-order valence-electron chi connectivity index (χ3n) is 5.35. The van der Waals surface area contributed by atoms with Gasteiger partial charge in [-0.25, -0.2) is 0 Å². The first-order valence-corrected chi connectivity index (χ1v) is 8.80. The molecule has 0 aromatic heterocycles. The first-order valence-electron chi connectivity index (χ1n) is 8.80. The molecule has 3 nitrogen and oxygen atoms in total. The highest BCUT2D eigenvalue weighted by Gasteiger charge is 2.22. The highest BCUT2D eigenvalue weighted by molar-refractivity contribution is 5.76.